The number of amides is 1. The molecule has 0 aromatic heterocycles. The third kappa shape index (κ3) is 2.12. The number of nitro benzene ring substituents is 1. The number of nitrogens with zero attached hydrogens (tertiary/aromatic N) is 2. The van der Waals surface area contributed by atoms with Crippen molar-refractivity contribution in [1.82, 2.24) is 0 Å². The van der Waals surface area contributed by atoms with Crippen molar-refractivity contribution in [1.29, 1.82) is 0 Å². The maximum atomic E-state index is 11.7. The summed E-state index contributed by atoms with van der Waals surface area (Å²) in [7, 11) is 0. The van der Waals surface area contributed by atoms with E-state index in [2.05, 4.69) is 0 Å². The first-order valence-corrected chi connectivity index (χ1v) is 5.48. The number of benzene rings is 1. The molecule has 1 aromatic rings. The molecule has 1 unspecified atom stereocenters. The summed E-state index contributed by atoms with van der Waals surface area (Å²) >= 11 is 0. The van der Waals surface area contributed by atoms with E-state index in [1.165, 1.54) is 23.1 Å². The van der Waals surface area contributed by atoms with Gasteiger partial charge in [-0.3, -0.25) is 14.9 Å². The third-order valence-electron chi connectivity index (χ3n) is 2.98. The molecule has 1 aliphatic rings. The van der Waals surface area contributed by atoms with Crippen LogP contribution in [0.15, 0.2) is 18.2 Å². The Morgan fingerprint density at radius 2 is 2.28 bits per heavy atom. The van der Waals surface area contributed by atoms with Crippen LogP contribution in [-0.4, -0.2) is 29.1 Å². The van der Waals surface area contributed by atoms with E-state index < -0.39 is 4.92 Å². The lowest BCUT2D eigenvalue weighted by atomic mass is 10.1. The number of aliphatic hydroxyl groups excluding tert-OH is 1. The summed E-state index contributed by atoms with van der Waals surface area (Å²) in [6, 6.07) is 4.01. The molecule has 1 amide bonds. The SMILES string of the molecule is Nc1cc([N+](=O)[O-])ccc1N1CC(CO)CC1=O. The monoisotopic (exact) mass is 251 g/mol. The van der Waals surface area contributed by atoms with Crippen molar-refractivity contribution in [3.63, 3.8) is 0 Å². The van der Waals surface area contributed by atoms with Crippen LogP contribution in [-0.2, 0) is 4.79 Å². The number of non-ortho nitro benzene ring substituents is 1. The molecule has 3 N–H and O–H groups in total. The lowest BCUT2D eigenvalue weighted by Crippen LogP contribution is -2.25. The Morgan fingerprint density at radius 1 is 1.56 bits per heavy atom. The molecule has 0 saturated carbocycles. The van der Waals surface area contributed by atoms with E-state index >= 15 is 0 Å². The molecule has 7 nitrogen and oxygen atoms in total. The predicted octanol–water partition coefficient (Wildman–Crippen LogP) is 0.522. The molecular weight excluding hydrogens is 238 g/mol. The third-order valence-corrected chi connectivity index (χ3v) is 2.98. The lowest BCUT2D eigenvalue weighted by Gasteiger charge is -2.18. The average Bonchev–Trinajstić information content (AvgIpc) is 2.70. The van der Waals surface area contributed by atoms with Gasteiger partial charge in [-0.05, 0) is 6.07 Å². The summed E-state index contributed by atoms with van der Waals surface area (Å²) in [5.41, 5.74) is 6.27. The predicted molar refractivity (Wildman–Crippen MR) is 65.1 cm³/mol. The summed E-state index contributed by atoms with van der Waals surface area (Å²) in [5, 5.41) is 19.6. The molecule has 0 aliphatic carbocycles. The van der Waals surface area contributed by atoms with Gasteiger partial charge in [-0.25, -0.2) is 0 Å². The maximum absolute atomic E-state index is 11.7. The number of hydrogen-bond donors (Lipinski definition) is 2. The number of carbonyl (C=O) groups is 1. The van der Waals surface area contributed by atoms with Gasteiger partial charge in [0.2, 0.25) is 5.91 Å². The van der Waals surface area contributed by atoms with Gasteiger partial charge >= 0.3 is 0 Å². The zero-order valence-electron chi connectivity index (χ0n) is 9.57. The Balaban J connectivity index is 2.29. The molecule has 1 aromatic carbocycles. The Morgan fingerprint density at radius 3 is 2.78 bits per heavy atom. The molecule has 2 rings (SSSR count). The fourth-order valence-corrected chi connectivity index (χ4v) is 2.04. The van der Waals surface area contributed by atoms with Crippen LogP contribution in [0.3, 0.4) is 0 Å². The fraction of sp³-hybridized carbons (Fsp3) is 0.364. The normalized spacial score (nSPS) is 19.3. The Labute approximate surface area is 103 Å². The molecule has 1 aliphatic heterocycles. The van der Waals surface area contributed by atoms with Gasteiger partial charge in [0.15, 0.2) is 0 Å². The van der Waals surface area contributed by atoms with E-state index in [1.54, 1.807) is 0 Å². The minimum atomic E-state index is -0.539. The zero-order valence-corrected chi connectivity index (χ0v) is 9.57. The molecule has 0 radical (unpaired) electrons. The van der Waals surface area contributed by atoms with Gasteiger partial charge in [0.1, 0.15) is 0 Å². The van der Waals surface area contributed by atoms with Gasteiger partial charge in [0.05, 0.1) is 16.3 Å². The highest BCUT2D eigenvalue weighted by Gasteiger charge is 2.31. The summed E-state index contributed by atoms with van der Waals surface area (Å²) in [4.78, 5) is 23.2. The molecule has 7 heteroatoms. The first-order valence-electron chi connectivity index (χ1n) is 5.48. The van der Waals surface area contributed by atoms with E-state index in [9.17, 15) is 14.9 Å². The number of carbonyl (C=O) groups excluding carboxylic acids is 1. The van der Waals surface area contributed by atoms with E-state index in [4.69, 9.17) is 10.8 Å². The van der Waals surface area contributed by atoms with E-state index in [1.807, 2.05) is 0 Å². The van der Waals surface area contributed by atoms with Gasteiger partial charge < -0.3 is 15.7 Å². The van der Waals surface area contributed by atoms with Crippen LogP contribution in [0.4, 0.5) is 17.1 Å². The minimum Gasteiger partial charge on any atom is -0.397 e. The van der Waals surface area contributed by atoms with E-state index in [-0.39, 0.29) is 36.2 Å². The molecule has 1 saturated heterocycles. The van der Waals surface area contributed by atoms with Crippen LogP contribution in [0.1, 0.15) is 6.42 Å². The van der Waals surface area contributed by atoms with Gasteiger partial charge in [-0.15, -0.1) is 0 Å². The van der Waals surface area contributed by atoms with E-state index in [0.717, 1.165) is 0 Å². The first kappa shape index (κ1) is 12.3. The highest BCUT2D eigenvalue weighted by molar-refractivity contribution is 5.98. The van der Waals surface area contributed by atoms with Crippen molar-refractivity contribution in [3.05, 3.63) is 28.3 Å². The molecular formula is C11H13N3O4. The molecule has 0 spiro atoms. The summed E-state index contributed by atoms with van der Waals surface area (Å²) < 4.78 is 0. The number of nitrogen functional groups attached to an aromatic ring is 1. The second-order valence-electron chi connectivity index (χ2n) is 4.26. The summed E-state index contributed by atoms with van der Waals surface area (Å²) in [6.07, 6.45) is 0.271. The van der Waals surface area contributed by atoms with Crippen LogP contribution in [0.25, 0.3) is 0 Å². The Hall–Kier alpha value is -2.15. The van der Waals surface area contributed by atoms with Crippen LogP contribution >= 0.6 is 0 Å². The van der Waals surface area contributed by atoms with Crippen molar-refractivity contribution < 1.29 is 14.8 Å². The zero-order chi connectivity index (χ0) is 13.3. The van der Waals surface area contributed by atoms with Gasteiger partial charge in [-0.1, -0.05) is 0 Å². The topological polar surface area (TPSA) is 110 Å². The van der Waals surface area contributed by atoms with Crippen molar-refractivity contribution in [3.8, 4) is 0 Å². The molecule has 0 bridgehead atoms. The number of hydrogen-bond acceptors (Lipinski definition) is 5. The molecule has 18 heavy (non-hydrogen) atoms. The van der Waals surface area contributed by atoms with E-state index in [0.29, 0.717) is 12.2 Å². The second-order valence-corrected chi connectivity index (χ2v) is 4.26. The van der Waals surface area contributed by atoms with Crippen molar-refractivity contribution in [2.45, 2.75) is 6.42 Å². The van der Waals surface area contributed by atoms with Crippen LogP contribution in [0, 0.1) is 16.0 Å². The van der Waals surface area contributed by atoms with Crippen molar-refractivity contribution >= 4 is 23.0 Å². The number of aliphatic hydroxyl groups is 1. The van der Waals surface area contributed by atoms with Crippen LogP contribution in [0.2, 0.25) is 0 Å². The number of nitro groups is 1. The quantitative estimate of drug-likeness (QED) is 0.462. The fourth-order valence-electron chi connectivity index (χ4n) is 2.04. The minimum absolute atomic E-state index is 0.0604. The summed E-state index contributed by atoms with van der Waals surface area (Å²) in [6.45, 7) is 0.326. The van der Waals surface area contributed by atoms with Crippen LogP contribution in [0.5, 0.6) is 0 Å². The standard InChI is InChI=1S/C11H13N3O4/c12-9-4-8(14(17)18)1-2-10(9)13-5-7(6-15)3-11(13)16/h1-2,4,7,15H,3,5-6,12H2. The maximum Gasteiger partial charge on any atom is 0.271 e. The number of anilines is 2. The van der Waals surface area contributed by atoms with Gasteiger partial charge in [-0.2, -0.15) is 0 Å². The average molecular weight is 251 g/mol. The Bertz CT molecular complexity index is 503. The largest absolute Gasteiger partial charge is 0.397 e. The molecule has 1 heterocycles. The highest BCUT2D eigenvalue weighted by atomic mass is 16.6. The van der Waals surface area contributed by atoms with Crippen molar-refractivity contribution in [2.24, 2.45) is 5.92 Å². The van der Waals surface area contributed by atoms with Crippen LogP contribution < -0.4 is 10.6 Å². The summed E-state index contributed by atoms with van der Waals surface area (Å²) in [5.74, 6) is -0.235. The smallest absolute Gasteiger partial charge is 0.271 e. The van der Waals surface area contributed by atoms with Crippen molar-refractivity contribution in [2.75, 3.05) is 23.8 Å². The molecule has 1 atom stereocenters. The molecule has 1 fully saturated rings. The first-order chi connectivity index (χ1) is 8.52. The number of rotatable bonds is 3. The number of nitrogens with two attached hydrogens (primary N) is 1. The van der Waals surface area contributed by atoms with Gasteiger partial charge in [0.25, 0.3) is 5.69 Å². The van der Waals surface area contributed by atoms with Gasteiger partial charge in [0, 0.05) is 37.6 Å². The lowest BCUT2D eigenvalue weighted by molar-refractivity contribution is -0.384. The highest BCUT2D eigenvalue weighted by Crippen LogP contribution is 2.32. The second kappa shape index (κ2) is 4.61. The Kier molecular flexibility index (Phi) is 3.15. The molecule has 96 valence electrons.